The van der Waals surface area contributed by atoms with E-state index >= 15 is 0 Å². The molecule has 1 aromatic heterocycles. The molecule has 2 aliphatic heterocycles. The van der Waals surface area contributed by atoms with Gasteiger partial charge in [-0.15, -0.1) is 0 Å². The second-order valence-corrected chi connectivity index (χ2v) is 18.2. The number of hydrogen-bond donors (Lipinski definition) is 1. The lowest BCUT2D eigenvalue weighted by molar-refractivity contribution is 0.132. The molecule has 0 amide bonds. The number of nitrogens with one attached hydrogen (secondary N) is 1. The van der Waals surface area contributed by atoms with E-state index in [0.29, 0.717) is 36.0 Å². The first-order valence-electron chi connectivity index (χ1n) is 22.1. The van der Waals surface area contributed by atoms with E-state index in [1.165, 1.54) is 114 Å². The molecule has 3 heterocycles. The van der Waals surface area contributed by atoms with Gasteiger partial charge in [-0.25, -0.2) is 0 Å². The Bertz CT molecular complexity index is 2150. The highest BCUT2D eigenvalue weighted by Crippen LogP contribution is 2.56. The minimum absolute atomic E-state index is 0.0429. The summed E-state index contributed by atoms with van der Waals surface area (Å²) in [6, 6.07) is 1.07. The van der Waals surface area contributed by atoms with E-state index in [1.807, 2.05) is 0 Å². The number of aromatic nitrogens is 1. The third-order valence-corrected chi connectivity index (χ3v) is 15.3. The summed E-state index contributed by atoms with van der Waals surface area (Å²) in [5, 5.41) is 7.36. The van der Waals surface area contributed by atoms with E-state index in [2.05, 4.69) is 118 Å². The van der Waals surface area contributed by atoms with Crippen LogP contribution in [0.5, 0.6) is 0 Å². The Labute approximate surface area is 323 Å². The minimum Gasteiger partial charge on any atom is -0.350 e. The van der Waals surface area contributed by atoms with Crippen molar-refractivity contribution in [2.75, 3.05) is 0 Å². The van der Waals surface area contributed by atoms with Crippen molar-refractivity contribution in [1.82, 2.24) is 14.8 Å². The summed E-state index contributed by atoms with van der Waals surface area (Å²) >= 11 is 0. The second-order valence-electron chi connectivity index (χ2n) is 18.2. The maximum Gasteiger partial charge on any atom is 0.104 e. The van der Waals surface area contributed by atoms with Crippen LogP contribution in [-0.4, -0.2) is 27.2 Å². The van der Waals surface area contributed by atoms with Gasteiger partial charge < -0.3 is 9.47 Å². The van der Waals surface area contributed by atoms with Crippen LogP contribution >= 0.6 is 0 Å². The van der Waals surface area contributed by atoms with Crippen molar-refractivity contribution < 1.29 is 0 Å². The fraction of sp³-hybridized carbons (Fsp3) is 0.490. The second kappa shape index (κ2) is 13.7. The normalized spacial score (nSPS) is 36.0. The van der Waals surface area contributed by atoms with Gasteiger partial charge in [-0.1, -0.05) is 96.7 Å². The first-order chi connectivity index (χ1) is 26.7. The van der Waals surface area contributed by atoms with Gasteiger partial charge in [0, 0.05) is 28.7 Å². The Balaban J connectivity index is 0.865. The van der Waals surface area contributed by atoms with Crippen LogP contribution in [0.2, 0.25) is 0 Å². The highest BCUT2D eigenvalue weighted by Gasteiger charge is 2.62. The maximum absolute atomic E-state index is 4.27. The molecule has 278 valence electrons. The molecule has 8 aliphatic carbocycles. The third kappa shape index (κ3) is 5.62. The maximum atomic E-state index is 4.27. The highest BCUT2D eigenvalue weighted by atomic mass is 15.5. The van der Waals surface area contributed by atoms with Crippen LogP contribution in [0.1, 0.15) is 120 Å². The molecule has 0 bridgehead atoms. The fourth-order valence-electron chi connectivity index (χ4n) is 12.6. The summed E-state index contributed by atoms with van der Waals surface area (Å²) in [5.74, 6) is 2.83. The van der Waals surface area contributed by atoms with Crippen LogP contribution in [0.25, 0.3) is 18.2 Å². The Morgan fingerprint density at radius 1 is 0.741 bits per heavy atom. The Hall–Kier alpha value is -3.82. The molecule has 2 fully saturated rings. The molecular formula is C51H59N3. The molecule has 1 aromatic rings. The van der Waals surface area contributed by atoms with Gasteiger partial charge >= 0.3 is 0 Å². The van der Waals surface area contributed by atoms with Crippen molar-refractivity contribution in [2.24, 2.45) is 23.7 Å². The number of allylic oxidation sites excluding steroid dienone is 14. The molecule has 0 spiro atoms. The molecule has 0 radical (unpaired) electrons. The zero-order valence-electron chi connectivity index (χ0n) is 32.3. The minimum atomic E-state index is 0.0429. The summed E-state index contributed by atoms with van der Waals surface area (Å²) < 4.78 is 2.68. The Morgan fingerprint density at radius 2 is 1.63 bits per heavy atom. The lowest BCUT2D eigenvalue weighted by Gasteiger charge is -2.41. The van der Waals surface area contributed by atoms with Crippen molar-refractivity contribution in [2.45, 2.75) is 133 Å². The van der Waals surface area contributed by atoms with Crippen molar-refractivity contribution in [3.63, 3.8) is 0 Å². The van der Waals surface area contributed by atoms with Crippen LogP contribution in [0.3, 0.4) is 0 Å². The number of hydrogen-bond acceptors (Lipinski definition) is 2. The van der Waals surface area contributed by atoms with Gasteiger partial charge in [-0.05, 0) is 167 Å². The van der Waals surface area contributed by atoms with E-state index in [9.17, 15) is 0 Å². The summed E-state index contributed by atoms with van der Waals surface area (Å²) in [7, 11) is 0. The van der Waals surface area contributed by atoms with Gasteiger partial charge in [0.25, 0.3) is 0 Å². The van der Waals surface area contributed by atoms with Gasteiger partial charge in [0.1, 0.15) is 6.17 Å². The average Bonchev–Trinajstić information content (AvgIpc) is 3.72. The molecule has 3 heteroatoms. The molecule has 1 saturated carbocycles. The van der Waals surface area contributed by atoms with Crippen LogP contribution < -0.4 is 15.9 Å². The lowest BCUT2D eigenvalue weighted by Crippen LogP contribution is -2.44. The van der Waals surface area contributed by atoms with Crippen molar-refractivity contribution in [1.29, 1.82) is 0 Å². The fourth-order valence-corrected chi connectivity index (χ4v) is 12.6. The number of nitrogens with zero attached hydrogens (tertiary/aromatic N) is 2. The summed E-state index contributed by atoms with van der Waals surface area (Å²) in [4.78, 5) is 2.96. The summed E-state index contributed by atoms with van der Waals surface area (Å²) in [6.07, 6.45) is 63.3. The molecule has 7 unspecified atom stereocenters. The SMILES string of the molecule is C1=CCC(n2c3c(c4c2=CCC(C2CCC5C(C2)C2=C(C=CCC2)N5C2N[C@]2(CC2=CCC(C5=CCCC=C5)CC2)C2=CCCC=C2)C=4)CCC=C3)C=C1. The van der Waals surface area contributed by atoms with E-state index in [0.717, 1.165) is 12.3 Å². The topological polar surface area (TPSA) is 30.1 Å². The number of rotatable bonds is 7. The lowest BCUT2D eigenvalue weighted by atomic mass is 9.69. The summed E-state index contributed by atoms with van der Waals surface area (Å²) in [5.41, 5.74) is 11.4. The molecule has 54 heavy (non-hydrogen) atoms. The average molecular weight is 714 g/mol. The quantitative estimate of drug-likeness (QED) is 0.225. The standard InChI is InChI=1S/C51H59N3/c1-4-14-36(15-5-1)37-26-24-35(25-27-37)34-51(40-16-6-2-7-17-40)50(52-51)54-47-23-13-11-21-43(47)45-33-39(29-31-49(45)54)38-28-30-48-44(32-38)42-20-10-12-22-46(42)53(48)41-18-8-3-9-19-41/h3-4,6,8-9,12-18,22-24,30,32,37-39,41,45,49-50,52H,1-2,5,7,10-11,19-21,25-29,31,33-34H2/t37?,38?,39?,41?,45?,49?,50?,51-/m1/s1. The zero-order valence-corrected chi connectivity index (χ0v) is 32.3. The van der Waals surface area contributed by atoms with Gasteiger partial charge in [0.05, 0.1) is 11.6 Å². The predicted molar refractivity (Wildman–Crippen MR) is 224 cm³/mol. The zero-order chi connectivity index (χ0) is 35.6. The van der Waals surface area contributed by atoms with Crippen LogP contribution in [0, 0.1) is 23.7 Å². The van der Waals surface area contributed by atoms with Gasteiger partial charge in [0.2, 0.25) is 0 Å². The smallest absolute Gasteiger partial charge is 0.104 e. The van der Waals surface area contributed by atoms with E-state index in [-0.39, 0.29) is 5.54 Å². The molecule has 11 rings (SSSR count). The molecule has 1 saturated heterocycles. The largest absolute Gasteiger partial charge is 0.350 e. The number of fused-ring (bicyclic) bond motifs is 5. The third-order valence-electron chi connectivity index (χ3n) is 15.3. The van der Waals surface area contributed by atoms with Crippen molar-refractivity contribution in [3.05, 3.63) is 135 Å². The molecule has 1 N–H and O–H groups in total. The van der Waals surface area contributed by atoms with E-state index in [4.69, 9.17) is 0 Å². The van der Waals surface area contributed by atoms with Gasteiger partial charge in [-0.3, -0.25) is 5.32 Å². The van der Waals surface area contributed by atoms with Crippen molar-refractivity contribution >= 4 is 18.2 Å². The molecule has 10 aliphatic rings. The summed E-state index contributed by atoms with van der Waals surface area (Å²) in [6.45, 7) is 0. The van der Waals surface area contributed by atoms with Crippen LogP contribution in [0.4, 0.5) is 0 Å². The van der Waals surface area contributed by atoms with Crippen LogP contribution in [0.15, 0.2) is 113 Å². The Kier molecular flexibility index (Phi) is 8.52. The Morgan fingerprint density at radius 3 is 2.46 bits per heavy atom. The molecular weight excluding hydrogens is 655 g/mol. The first-order valence-corrected chi connectivity index (χ1v) is 22.1. The van der Waals surface area contributed by atoms with Gasteiger partial charge in [-0.2, -0.15) is 0 Å². The first kappa shape index (κ1) is 33.5. The van der Waals surface area contributed by atoms with Gasteiger partial charge in [0.15, 0.2) is 0 Å². The van der Waals surface area contributed by atoms with E-state index in [1.54, 1.807) is 38.8 Å². The predicted octanol–water partition coefficient (Wildman–Crippen LogP) is 10.1. The molecule has 0 aromatic carbocycles. The highest BCUT2D eigenvalue weighted by molar-refractivity contribution is 5.59. The van der Waals surface area contributed by atoms with Crippen molar-refractivity contribution in [3.8, 4) is 0 Å². The molecule has 3 nitrogen and oxygen atoms in total. The van der Waals surface area contributed by atoms with E-state index < -0.39 is 0 Å². The van der Waals surface area contributed by atoms with Crippen LogP contribution in [-0.2, 0) is 6.42 Å². The monoisotopic (exact) mass is 713 g/mol. The molecule has 8 atom stereocenters.